The lowest BCUT2D eigenvalue weighted by molar-refractivity contribution is -0.130. The Hall–Kier alpha value is -2.72. The fraction of sp³-hybridized carbons (Fsp3) is 0.200. The van der Waals surface area contributed by atoms with Crippen molar-refractivity contribution in [2.45, 2.75) is 18.9 Å². The van der Waals surface area contributed by atoms with Gasteiger partial charge in [-0.2, -0.15) is 5.10 Å². The summed E-state index contributed by atoms with van der Waals surface area (Å²) in [5, 5.41) is 8.73. The Labute approximate surface area is 140 Å². The highest BCUT2D eigenvalue weighted by Gasteiger charge is 2.22. The summed E-state index contributed by atoms with van der Waals surface area (Å²) in [6.45, 7) is 0.649. The van der Waals surface area contributed by atoms with Gasteiger partial charge in [-0.1, -0.05) is 48.5 Å². The van der Waals surface area contributed by atoms with E-state index in [4.69, 9.17) is 4.74 Å². The number of carbonyl (C=O) groups excluding carboxylic acids is 1. The van der Waals surface area contributed by atoms with E-state index < -0.39 is 0 Å². The van der Waals surface area contributed by atoms with Gasteiger partial charge in [0, 0.05) is 12.2 Å². The van der Waals surface area contributed by atoms with Crippen LogP contribution in [-0.4, -0.2) is 24.8 Å². The summed E-state index contributed by atoms with van der Waals surface area (Å²) in [6, 6.07) is 18.6. The van der Waals surface area contributed by atoms with Gasteiger partial charge in [0.2, 0.25) is 0 Å². The quantitative estimate of drug-likeness (QED) is 0.455. The summed E-state index contributed by atoms with van der Waals surface area (Å²) >= 11 is 0. The van der Waals surface area contributed by atoms with E-state index in [1.165, 1.54) is 0 Å². The molecule has 0 aromatic heterocycles. The molecular weight excluding hydrogens is 300 g/mol. The zero-order valence-corrected chi connectivity index (χ0v) is 13.2. The van der Waals surface area contributed by atoms with Gasteiger partial charge in [0.05, 0.1) is 6.21 Å². The smallest absolute Gasteiger partial charge is 0.269 e. The van der Waals surface area contributed by atoms with E-state index in [0.717, 1.165) is 39.9 Å². The van der Waals surface area contributed by atoms with E-state index in [-0.39, 0.29) is 12.0 Å². The van der Waals surface area contributed by atoms with Crippen molar-refractivity contribution in [3.63, 3.8) is 0 Å². The van der Waals surface area contributed by atoms with Crippen molar-refractivity contribution in [3.05, 3.63) is 60.2 Å². The number of nitrogens with zero attached hydrogens (tertiary/aromatic N) is 1. The second kappa shape index (κ2) is 6.42. The molecule has 24 heavy (non-hydrogen) atoms. The normalized spacial score (nSPS) is 17.8. The molecular formula is C20H18N2O2. The SMILES string of the molecule is O=C(NN=Cc1c2ccccc2cc2ccccc12)C1CCCO1. The molecule has 1 N–H and O–H groups in total. The molecule has 0 saturated carbocycles. The van der Waals surface area contributed by atoms with Gasteiger partial charge in [0.15, 0.2) is 0 Å². The molecule has 1 aliphatic heterocycles. The first-order chi connectivity index (χ1) is 11.8. The van der Waals surface area contributed by atoms with E-state index in [2.05, 4.69) is 40.9 Å². The molecule has 1 heterocycles. The van der Waals surface area contributed by atoms with Crippen LogP contribution in [0.1, 0.15) is 18.4 Å². The number of rotatable bonds is 3. The Morgan fingerprint density at radius 3 is 2.38 bits per heavy atom. The zero-order chi connectivity index (χ0) is 16.4. The first-order valence-corrected chi connectivity index (χ1v) is 8.18. The number of carbonyl (C=O) groups is 1. The minimum absolute atomic E-state index is 0.173. The van der Waals surface area contributed by atoms with Crippen molar-refractivity contribution >= 4 is 33.7 Å². The lowest BCUT2D eigenvalue weighted by Crippen LogP contribution is -2.30. The maximum atomic E-state index is 12.0. The molecule has 1 saturated heterocycles. The molecule has 0 aliphatic carbocycles. The van der Waals surface area contributed by atoms with Gasteiger partial charge in [0.25, 0.3) is 5.91 Å². The van der Waals surface area contributed by atoms with E-state index in [1.54, 1.807) is 6.21 Å². The lowest BCUT2D eigenvalue weighted by Gasteiger charge is -2.09. The van der Waals surface area contributed by atoms with Crippen molar-refractivity contribution in [1.82, 2.24) is 5.43 Å². The maximum absolute atomic E-state index is 12.0. The van der Waals surface area contributed by atoms with Crippen LogP contribution >= 0.6 is 0 Å². The van der Waals surface area contributed by atoms with Gasteiger partial charge in [0.1, 0.15) is 6.10 Å². The average Bonchev–Trinajstić information content (AvgIpc) is 3.16. The summed E-state index contributed by atoms with van der Waals surface area (Å²) in [7, 11) is 0. The summed E-state index contributed by atoms with van der Waals surface area (Å²) < 4.78 is 5.37. The Morgan fingerprint density at radius 2 is 1.75 bits per heavy atom. The standard InChI is InChI=1S/C20H18N2O2/c23-20(19-10-5-11-24-19)22-21-13-18-16-8-3-1-6-14(16)12-15-7-2-4-9-17(15)18/h1-4,6-9,12-13,19H,5,10-11H2,(H,22,23). The second-order valence-corrected chi connectivity index (χ2v) is 5.97. The van der Waals surface area contributed by atoms with Crippen molar-refractivity contribution < 1.29 is 9.53 Å². The predicted octanol–water partition coefficient (Wildman–Crippen LogP) is 3.62. The predicted molar refractivity (Wildman–Crippen MR) is 96.2 cm³/mol. The first-order valence-electron chi connectivity index (χ1n) is 8.18. The molecule has 4 rings (SSSR count). The van der Waals surface area contributed by atoms with Crippen molar-refractivity contribution in [3.8, 4) is 0 Å². The molecule has 1 fully saturated rings. The highest BCUT2D eigenvalue weighted by Crippen LogP contribution is 2.27. The molecule has 3 aromatic carbocycles. The van der Waals surface area contributed by atoms with Gasteiger partial charge in [-0.15, -0.1) is 0 Å². The fourth-order valence-electron chi connectivity index (χ4n) is 3.20. The number of hydrogen-bond acceptors (Lipinski definition) is 3. The number of ether oxygens (including phenoxy) is 1. The summed E-state index contributed by atoms with van der Waals surface area (Å²) in [5.41, 5.74) is 3.62. The monoisotopic (exact) mass is 318 g/mol. The van der Waals surface area contributed by atoms with Crippen LogP contribution in [0.25, 0.3) is 21.5 Å². The average molecular weight is 318 g/mol. The topological polar surface area (TPSA) is 50.7 Å². The van der Waals surface area contributed by atoms with Crippen LogP contribution in [-0.2, 0) is 9.53 Å². The summed E-state index contributed by atoms with van der Waals surface area (Å²) in [6.07, 6.45) is 3.05. The molecule has 1 amide bonds. The highest BCUT2D eigenvalue weighted by molar-refractivity contribution is 6.13. The van der Waals surface area contributed by atoms with Gasteiger partial charge in [-0.05, 0) is 40.5 Å². The Kier molecular flexibility index (Phi) is 3.97. The third kappa shape index (κ3) is 2.76. The van der Waals surface area contributed by atoms with E-state index >= 15 is 0 Å². The summed E-state index contributed by atoms with van der Waals surface area (Å²) in [5.74, 6) is -0.173. The third-order valence-corrected chi connectivity index (χ3v) is 4.40. The maximum Gasteiger partial charge on any atom is 0.269 e. The number of amides is 1. The van der Waals surface area contributed by atoms with Crippen LogP contribution < -0.4 is 5.43 Å². The van der Waals surface area contributed by atoms with Gasteiger partial charge in [-0.25, -0.2) is 5.43 Å². The molecule has 0 radical (unpaired) electrons. The zero-order valence-electron chi connectivity index (χ0n) is 13.2. The van der Waals surface area contributed by atoms with Crippen molar-refractivity contribution in [2.24, 2.45) is 5.10 Å². The molecule has 3 aromatic rings. The summed E-state index contributed by atoms with van der Waals surface area (Å²) in [4.78, 5) is 12.0. The van der Waals surface area contributed by atoms with Crippen LogP contribution in [0.2, 0.25) is 0 Å². The van der Waals surface area contributed by atoms with Crippen LogP contribution in [0.5, 0.6) is 0 Å². The fourth-order valence-corrected chi connectivity index (χ4v) is 3.20. The number of hydrazone groups is 1. The minimum Gasteiger partial charge on any atom is -0.368 e. The third-order valence-electron chi connectivity index (χ3n) is 4.40. The van der Waals surface area contributed by atoms with E-state index in [9.17, 15) is 4.79 Å². The largest absolute Gasteiger partial charge is 0.368 e. The molecule has 120 valence electrons. The molecule has 1 unspecified atom stereocenters. The Morgan fingerprint density at radius 1 is 1.08 bits per heavy atom. The first kappa shape index (κ1) is 14.8. The van der Waals surface area contributed by atoms with Crippen molar-refractivity contribution in [2.75, 3.05) is 6.61 Å². The van der Waals surface area contributed by atoms with E-state index in [1.807, 2.05) is 24.3 Å². The minimum atomic E-state index is -0.369. The molecule has 1 atom stereocenters. The molecule has 0 bridgehead atoms. The van der Waals surface area contributed by atoms with Crippen LogP contribution in [0.4, 0.5) is 0 Å². The molecule has 4 nitrogen and oxygen atoms in total. The molecule has 4 heteroatoms. The van der Waals surface area contributed by atoms with Gasteiger partial charge in [-0.3, -0.25) is 4.79 Å². The number of benzene rings is 3. The van der Waals surface area contributed by atoms with Crippen LogP contribution in [0.15, 0.2) is 59.7 Å². The second-order valence-electron chi connectivity index (χ2n) is 5.97. The number of hydrogen-bond donors (Lipinski definition) is 1. The molecule has 1 aliphatic rings. The molecule has 0 spiro atoms. The van der Waals surface area contributed by atoms with Crippen LogP contribution in [0, 0.1) is 0 Å². The number of fused-ring (bicyclic) bond motifs is 2. The Balaban J connectivity index is 1.70. The van der Waals surface area contributed by atoms with E-state index in [0.29, 0.717) is 6.61 Å². The van der Waals surface area contributed by atoms with Crippen LogP contribution in [0.3, 0.4) is 0 Å². The highest BCUT2D eigenvalue weighted by atomic mass is 16.5. The van der Waals surface area contributed by atoms with Crippen molar-refractivity contribution in [1.29, 1.82) is 0 Å². The van der Waals surface area contributed by atoms with Gasteiger partial charge >= 0.3 is 0 Å². The lowest BCUT2D eigenvalue weighted by atomic mass is 9.97. The van der Waals surface area contributed by atoms with Gasteiger partial charge < -0.3 is 4.74 Å². The number of nitrogens with one attached hydrogen (secondary N) is 1. The Bertz CT molecular complexity index is 873.